The predicted molar refractivity (Wildman–Crippen MR) is 79.7 cm³/mol. The molecule has 4 nitrogen and oxygen atoms in total. The van der Waals surface area contributed by atoms with E-state index in [2.05, 4.69) is 5.32 Å². The third kappa shape index (κ3) is 5.85. The average molecular weight is 306 g/mol. The normalized spacial score (nSPS) is 10.4. The lowest BCUT2D eigenvalue weighted by Gasteiger charge is -2.12. The van der Waals surface area contributed by atoms with Crippen LogP contribution in [0.1, 0.15) is 13.8 Å². The van der Waals surface area contributed by atoms with Crippen LogP contribution in [-0.2, 0) is 4.79 Å². The fourth-order valence-electron chi connectivity index (χ4n) is 1.34. The van der Waals surface area contributed by atoms with Crippen molar-refractivity contribution < 1.29 is 14.3 Å². The summed E-state index contributed by atoms with van der Waals surface area (Å²) < 4.78 is 10.9. The third-order valence-corrected chi connectivity index (χ3v) is 2.24. The van der Waals surface area contributed by atoms with Gasteiger partial charge in [-0.05, 0) is 26.0 Å². The molecule has 0 fully saturated rings. The summed E-state index contributed by atoms with van der Waals surface area (Å²) in [5.74, 6) is 1.40. The van der Waals surface area contributed by atoms with Gasteiger partial charge in [0.1, 0.15) is 11.5 Å². The maximum absolute atomic E-state index is 10.4. The first kappa shape index (κ1) is 17.6. The Balaban J connectivity index is 0.00000324. The van der Waals surface area contributed by atoms with Crippen LogP contribution < -0.4 is 14.8 Å². The Labute approximate surface area is 124 Å². The van der Waals surface area contributed by atoms with E-state index in [1.165, 1.54) is 6.20 Å². The SMILES string of the molecule is CCOc1ccc(OCC)c(N/C=C(\Cl)C=O)c1.Cl. The van der Waals surface area contributed by atoms with Gasteiger partial charge in [0.15, 0.2) is 6.29 Å². The largest absolute Gasteiger partial charge is 0.494 e. The van der Waals surface area contributed by atoms with Gasteiger partial charge in [0.25, 0.3) is 0 Å². The summed E-state index contributed by atoms with van der Waals surface area (Å²) in [5.41, 5.74) is 0.697. The zero-order chi connectivity index (χ0) is 13.4. The van der Waals surface area contributed by atoms with Crippen LogP contribution in [-0.4, -0.2) is 19.5 Å². The van der Waals surface area contributed by atoms with E-state index in [9.17, 15) is 4.79 Å². The number of benzene rings is 1. The summed E-state index contributed by atoms with van der Waals surface area (Å²) in [6.45, 7) is 4.94. The van der Waals surface area contributed by atoms with Gasteiger partial charge >= 0.3 is 0 Å². The summed E-state index contributed by atoms with van der Waals surface area (Å²) in [6, 6.07) is 5.42. The van der Waals surface area contributed by atoms with Crippen LogP contribution in [0.3, 0.4) is 0 Å². The van der Waals surface area contributed by atoms with Crippen molar-refractivity contribution in [2.24, 2.45) is 0 Å². The molecule has 0 amide bonds. The molecule has 0 aliphatic heterocycles. The number of rotatable bonds is 7. The van der Waals surface area contributed by atoms with E-state index in [-0.39, 0.29) is 17.4 Å². The topological polar surface area (TPSA) is 47.6 Å². The fourth-order valence-corrected chi connectivity index (χ4v) is 1.39. The molecule has 0 bridgehead atoms. The van der Waals surface area contributed by atoms with Crippen molar-refractivity contribution in [3.8, 4) is 11.5 Å². The van der Waals surface area contributed by atoms with Gasteiger partial charge in [-0.25, -0.2) is 0 Å². The Morgan fingerprint density at radius 3 is 2.58 bits per heavy atom. The van der Waals surface area contributed by atoms with Crippen LogP contribution in [0.2, 0.25) is 0 Å². The van der Waals surface area contributed by atoms with Gasteiger partial charge in [-0.15, -0.1) is 12.4 Å². The number of carbonyl (C=O) groups excluding carboxylic acids is 1. The summed E-state index contributed by atoms with van der Waals surface area (Å²) in [7, 11) is 0. The number of hydrogen-bond donors (Lipinski definition) is 1. The molecule has 0 aliphatic rings. The smallest absolute Gasteiger partial charge is 0.162 e. The molecule has 0 saturated carbocycles. The first-order chi connectivity index (χ1) is 8.71. The van der Waals surface area contributed by atoms with Crippen LogP contribution >= 0.6 is 24.0 Å². The summed E-state index contributed by atoms with van der Waals surface area (Å²) >= 11 is 5.60. The molecule has 1 rings (SSSR count). The highest BCUT2D eigenvalue weighted by atomic mass is 35.5. The van der Waals surface area contributed by atoms with E-state index in [1.54, 1.807) is 12.1 Å². The predicted octanol–water partition coefficient (Wildman–Crippen LogP) is 3.60. The van der Waals surface area contributed by atoms with E-state index in [0.29, 0.717) is 30.9 Å². The number of hydrogen-bond acceptors (Lipinski definition) is 4. The maximum Gasteiger partial charge on any atom is 0.162 e. The number of nitrogens with one attached hydrogen (secondary N) is 1. The van der Waals surface area contributed by atoms with Crippen molar-refractivity contribution in [1.82, 2.24) is 0 Å². The molecule has 0 unspecified atom stereocenters. The van der Waals surface area contributed by atoms with E-state index in [1.807, 2.05) is 19.9 Å². The van der Waals surface area contributed by atoms with Crippen molar-refractivity contribution >= 4 is 36.0 Å². The molecule has 0 spiro atoms. The van der Waals surface area contributed by atoms with E-state index in [4.69, 9.17) is 21.1 Å². The summed E-state index contributed by atoms with van der Waals surface area (Å²) in [4.78, 5) is 10.4. The molecule has 0 atom stereocenters. The van der Waals surface area contributed by atoms with Gasteiger partial charge < -0.3 is 14.8 Å². The Morgan fingerprint density at radius 2 is 2.00 bits per heavy atom. The fraction of sp³-hybridized carbons (Fsp3) is 0.308. The minimum Gasteiger partial charge on any atom is -0.494 e. The zero-order valence-corrected chi connectivity index (χ0v) is 12.4. The number of halogens is 2. The molecule has 1 aromatic rings. The van der Waals surface area contributed by atoms with Gasteiger partial charge in [0, 0.05) is 12.3 Å². The third-order valence-electron chi connectivity index (χ3n) is 2.04. The first-order valence-electron chi connectivity index (χ1n) is 5.68. The Morgan fingerprint density at radius 1 is 1.32 bits per heavy atom. The second-order valence-corrected chi connectivity index (χ2v) is 3.75. The number of ether oxygens (including phenoxy) is 2. The van der Waals surface area contributed by atoms with E-state index < -0.39 is 0 Å². The van der Waals surface area contributed by atoms with Gasteiger partial charge in [0.05, 0.1) is 23.9 Å². The zero-order valence-electron chi connectivity index (χ0n) is 10.8. The molecular weight excluding hydrogens is 289 g/mol. The minimum atomic E-state index is 0. The molecule has 0 aromatic heterocycles. The van der Waals surface area contributed by atoms with Crippen LogP contribution in [0.5, 0.6) is 11.5 Å². The molecule has 1 aromatic carbocycles. The van der Waals surface area contributed by atoms with Crippen molar-refractivity contribution in [3.63, 3.8) is 0 Å². The number of anilines is 1. The number of aldehydes is 1. The lowest BCUT2D eigenvalue weighted by molar-refractivity contribution is -0.104. The molecule has 1 N–H and O–H groups in total. The van der Waals surface area contributed by atoms with Crippen molar-refractivity contribution in [1.29, 1.82) is 0 Å². The first-order valence-corrected chi connectivity index (χ1v) is 6.06. The standard InChI is InChI=1S/C13H16ClNO3.ClH/c1-3-17-11-5-6-13(18-4-2)12(7-11)15-8-10(14)9-16;/h5-9,15H,3-4H2,1-2H3;1H/b10-8-;. The molecule has 6 heteroatoms. The highest BCUT2D eigenvalue weighted by molar-refractivity contribution is 6.38. The minimum absolute atomic E-state index is 0. The Kier molecular flexibility index (Phi) is 8.83. The average Bonchev–Trinajstić information content (AvgIpc) is 2.39. The van der Waals surface area contributed by atoms with Gasteiger partial charge in [0.2, 0.25) is 0 Å². The molecule has 0 aliphatic carbocycles. The Hall–Kier alpha value is -1.39. The molecule has 0 radical (unpaired) electrons. The van der Waals surface area contributed by atoms with Crippen LogP contribution in [0.4, 0.5) is 5.69 Å². The van der Waals surface area contributed by atoms with Crippen molar-refractivity contribution in [2.45, 2.75) is 13.8 Å². The number of carbonyl (C=O) groups is 1. The monoisotopic (exact) mass is 305 g/mol. The lowest BCUT2D eigenvalue weighted by Crippen LogP contribution is -1.99. The van der Waals surface area contributed by atoms with Crippen LogP contribution in [0.25, 0.3) is 0 Å². The van der Waals surface area contributed by atoms with Crippen molar-refractivity contribution in [3.05, 3.63) is 29.4 Å². The van der Waals surface area contributed by atoms with Gasteiger partial charge in [-0.3, -0.25) is 4.79 Å². The van der Waals surface area contributed by atoms with E-state index >= 15 is 0 Å². The quantitative estimate of drug-likeness (QED) is 0.617. The number of allylic oxidation sites excluding steroid dienone is 1. The summed E-state index contributed by atoms with van der Waals surface area (Å²) in [6.07, 6.45) is 1.96. The lowest BCUT2D eigenvalue weighted by atomic mass is 10.2. The van der Waals surface area contributed by atoms with Crippen LogP contribution in [0.15, 0.2) is 29.4 Å². The second kappa shape index (κ2) is 9.53. The highest BCUT2D eigenvalue weighted by Crippen LogP contribution is 2.29. The molecule has 19 heavy (non-hydrogen) atoms. The molecular formula is C13H17Cl2NO3. The molecule has 0 heterocycles. The van der Waals surface area contributed by atoms with Gasteiger partial charge in [-0.2, -0.15) is 0 Å². The molecule has 106 valence electrons. The maximum atomic E-state index is 10.4. The summed E-state index contributed by atoms with van der Waals surface area (Å²) in [5, 5.41) is 3.00. The van der Waals surface area contributed by atoms with Crippen molar-refractivity contribution in [2.75, 3.05) is 18.5 Å². The van der Waals surface area contributed by atoms with Gasteiger partial charge in [-0.1, -0.05) is 11.6 Å². The molecule has 0 saturated heterocycles. The Bertz CT molecular complexity index is 436. The van der Waals surface area contributed by atoms with Crippen LogP contribution in [0, 0.1) is 0 Å². The second-order valence-electron chi connectivity index (χ2n) is 3.32. The van der Waals surface area contributed by atoms with E-state index in [0.717, 1.165) is 5.75 Å². The highest BCUT2D eigenvalue weighted by Gasteiger charge is 2.04.